The zero-order chi connectivity index (χ0) is 12.0. The topological polar surface area (TPSA) is 69.6 Å². The van der Waals surface area contributed by atoms with Crippen molar-refractivity contribution in [3.05, 3.63) is 0 Å². The van der Waals surface area contributed by atoms with Crippen LogP contribution in [0.5, 0.6) is 0 Å². The molecule has 4 nitrogen and oxygen atoms in total. The van der Waals surface area contributed by atoms with Crippen LogP contribution in [-0.2, 0) is 4.79 Å². The van der Waals surface area contributed by atoms with Crippen LogP contribution in [0.4, 0.5) is 0 Å². The van der Waals surface area contributed by atoms with Crippen LogP contribution in [0.2, 0.25) is 0 Å². The molecule has 1 aliphatic carbocycles. The van der Waals surface area contributed by atoms with E-state index in [1.54, 1.807) is 0 Å². The summed E-state index contributed by atoms with van der Waals surface area (Å²) in [5, 5.41) is 21.8. The number of carbonyl (C=O) groups excluding carboxylic acids is 1. The molecular formula is C12H23NO3. The number of unbranched alkanes of at least 4 members (excludes halogenated alkanes) is 2. The van der Waals surface area contributed by atoms with Gasteiger partial charge in [0.15, 0.2) is 0 Å². The predicted molar refractivity (Wildman–Crippen MR) is 61.9 cm³/mol. The molecule has 0 saturated heterocycles. The molecule has 0 aromatic rings. The average Bonchev–Trinajstić information content (AvgIpc) is 2.58. The average molecular weight is 229 g/mol. The second-order valence-corrected chi connectivity index (χ2v) is 4.66. The quantitative estimate of drug-likeness (QED) is 0.590. The molecule has 0 heterocycles. The number of amides is 1. The van der Waals surface area contributed by atoms with E-state index in [0.29, 0.717) is 19.4 Å². The fraction of sp³-hybridized carbons (Fsp3) is 0.917. The van der Waals surface area contributed by atoms with Crippen molar-refractivity contribution in [3.8, 4) is 0 Å². The van der Waals surface area contributed by atoms with Crippen LogP contribution in [0.25, 0.3) is 0 Å². The van der Waals surface area contributed by atoms with Crippen molar-refractivity contribution in [1.82, 2.24) is 5.32 Å². The van der Waals surface area contributed by atoms with Gasteiger partial charge in [0.2, 0.25) is 5.91 Å². The lowest BCUT2D eigenvalue weighted by Gasteiger charge is -2.16. The molecule has 0 unspecified atom stereocenters. The maximum absolute atomic E-state index is 11.4. The van der Waals surface area contributed by atoms with E-state index in [9.17, 15) is 15.0 Å². The fourth-order valence-electron chi connectivity index (χ4n) is 2.13. The molecule has 0 aliphatic heterocycles. The van der Waals surface area contributed by atoms with Crippen molar-refractivity contribution in [1.29, 1.82) is 0 Å². The molecule has 1 saturated carbocycles. The van der Waals surface area contributed by atoms with Gasteiger partial charge in [-0.3, -0.25) is 4.79 Å². The van der Waals surface area contributed by atoms with Gasteiger partial charge < -0.3 is 15.5 Å². The van der Waals surface area contributed by atoms with E-state index < -0.39 is 12.2 Å². The van der Waals surface area contributed by atoms with Gasteiger partial charge in [-0.2, -0.15) is 0 Å². The highest BCUT2D eigenvalue weighted by Crippen LogP contribution is 2.25. The summed E-state index contributed by atoms with van der Waals surface area (Å²) in [4.78, 5) is 11.4. The van der Waals surface area contributed by atoms with Gasteiger partial charge in [0.25, 0.3) is 0 Å². The molecule has 0 bridgehead atoms. The minimum absolute atomic E-state index is 0.0186. The lowest BCUT2D eigenvalue weighted by atomic mass is 10.1. The van der Waals surface area contributed by atoms with Crippen LogP contribution >= 0.6 is 0 Å². The first-order chi connectivity index (χ1) is 7.65. The standard InChI is InChI=1S/C12H23NO3/c1-2-3-4-5-11(15)13-8-9-6-7-10(14)12(9)16/h9-10,12,14,16H,2-8H2,1H3,(H,13,15)/t9-,10+,12+/m1/s1. The van der Waals surface area contributed by atoms with E-state index in [2.05, 4.69) is 12.2 Å². The zero-order valence-electron chi connectivity index (χ0n) is 9.98. The maximum atomic E-state index is 11.4. The Labute approximate surface area is 97.0 Å². The van der Waals surface area contributed by atoms with Crippen LogP contribution in [-0.4, -0.2) is 34.9 Å². The molecule has 1 fully saturated rings. The Morgan fingerprint density at radius 3 is 2.62 bits per heavy atom. The Kier molecular flexibility index (Phi) is 5.77. The SMILES string of the molecule is CCCCCC(=O)NC[C@H]1CC[C@H](O)[C@H]1O. The Morgan fingerprint density at radius 1 is 1.31 bits per heavy atom. The number of aliphatic hydroxyl groups is 2. The van der Waals surface area contributed by atoms with E-state index in [1.165, 1.54) is 0 Å². The lowest BCUT2D eigenvalue weighted by molar-refractivity contribution is -0.121. The van der Waals surface area contributed by atoms with E-state index in [1.807, 2.05) is 0 Å². The Balaban J connectivity index is 2.12. The first-order valence-electron chi connectivity index (χ1n) is 6.28. The number of carbonyl (C=O) groups is 1. The number of rotatable bonds is 6. The van der Waals surface area contributed by atoms with E-state index in [-0.39, 0.29) is 11.8 Å². The summed E-state index contributed by atoms with van der Waals surface area (Å²) >= 11 is 0. The van der Waals surface area contributed by atoms with Crippen LogP contribution in [0.1, 0.15) is 45.4 Å². The summed E-state index contributed by atoms with van der Waals surface area (Å²) < 4.78 is 0. The van der Waals surface area contributed by atoms with Crippen LogP contribution in [0.3, 0.4) is 0 Å². The monoisotopic (exact) mass is 229 g/mol. The third-order valence-corrected chi connectivity index (χ3v) is 3.28. The molecule has 1 aliphatic rings. The molecule has 16 heavy (non-hydrogen) atoms. The van der Waals surface area contributed by atoms with Gasteiger partial charge in [-0.15, -0.1) is 0 Å². The van der Waals surface area contributed by atoms with Crippen LogP contribution in [0.15, 0.2) is 0 Å². The first-order valence-corrected chi connectivity index (χ1v) is 6.28. The van der Waals surface area contributed by atoms with Gasteiger partial charge in [0.05, 0.1) is 12.2 Å². The molecule has 0 aromatic heterocycles. The molecule has 4 heteroatoms. The fourth-order valence-corrected chi connectivity index (χ4v) is 2.13. The van der Waals surface area contributed by atoms with Gasteiger partial charge in [0, 0.05) is 18.9 Å². The van der Waals surface area contributed by atoms with Crippen molar-refractivity contribution in [3.63, 3.8) is 0 Å². The van der Waals surface area contributed by atoms with Gasteiger partial charge in [0.1, 0.15) is 0 Å². The third kappa shape index (κ3) is 4.10. The molecule has 0 spiro atoms. The molecule has 3 atom stereocenters. The summed E-state index contributed by atoms with van der Waals surface area (Å²) in [6.07, 6.45) is 3.84. The largest absolute Gasteiger partial charge is 0.390 e. The Hall–Kier alpha value is -0.610. The van der Waals surface area contributed by atoms with Crippen molar-refractivity contribution in [2.75, 3.05) is 6.54 Å². The summed E-state index contributed by atoms with van der Waals surface area (Å²) in [6.45, 7) is 2.59. The number of aliphatic hydroxyl groups excluding tert-OH is 2. The third-order valence-electron chi connectivity index (χ3n) is 3.28. The van der Waals surface area contributed by atoms with Crippen molar-refractivity contribution >= 4 is 5.91 Å². The second kappa shape index (κ2) is 6.86. The first kappa shape index (κ1) is 13.5. The molecule has 3 N–H and O–H groups in total. The smallest absolute Gasteiger partial charge is 0.220 e. The number of hydrogen-bond acceptors (Lipinski definition) is 3. The second-order valence-electron chi connectivity index (χ2n) is 4.66. The van der Waals surface area contributed by atoms with Crippen molar-refractivity contribution in [2.45, 2.75) is 57.7 Å². The minimum atomic E-state index is -0.670. The van der Waals surface area contributed by atoms with Gasteiger partial charge in [-0.05, 0) is 19.3 Å². The Morgan fingerprint density at radius 2 is 2.06 bits per heavy atom. The van der Waals surface area contributed by atoms with E-state index in [0.717, 1.165) is 25.7 Å². The highest BCUT2D eigenvalue weighted by molar-refractivity contribution is 5.75. The number of nitrogens with one attached hydrogen (secondary N) is 1. The highest BCUT2D eigenvalue weighted by Gasteiger charge is 2.33. The maximum Gasteiger partial charge on any atom is 0.220 e. The predicted octanol–water partition coefficient (Wildman–Crippen LogP) is 0.815. The van der Waals surface area contributed by atoms with Gasteiger partial charge in [-0.25, -0.2) is 0 Å². The van der Waals surface area contributed by atoms with Crippen molar-refractivity contribution < 1.29 is 15.0 Å². The Bertz CT molecular complexity index is 220. The highest BCUT2D eigenvalue weighted by atomic mass is 16.3. The van der Waals surface area contributed by atoms with Crippen LogP contribution in [0, 0.1) is 5.92 Å². The summed E-state index contributed by atoms with van der Waals surface area (Å²) in [7, 11) is 0. The van der Waals surface area contributed by atoms with E-state index >= 15 is 0 Å². The van der Waals surface area contributed by atoms with Crippen LogP contribution < -0.4 is 5.32 Å². The summed E-state index contributed by atoms with van der Waals surface area (Å²) in [6, 6.07) is 0. The lowest BCUT2D eigenvalue weighted by Crippen LogP contribution is -2.35. The van der Waals surface area contributed by atoms with Gasteiger partial charge >= 0.3 is 0 Å². The summed E-state index contributed by atoms with van der Waals surface area (Å²) in [5.41, 5.74) is 0. The van der Waals surface area contributed by atoms with E-state index in [4.69, 9.17) is 0 Å². The molecule has 1 amide bonds. The minimum Gasteiger partial charge on any atom is -0.390 e. The molecular weight excluding hydrogens is 206 g/mol. The number of hydrogen-bond donors (Lipinski definition) is 3. The molecule has 1 rings (SSSR count). The zero-order valence-corrected chi connectivity index (χ0v) is 9.98. The summed E-state index contributed by atoms with van der Waals surface area (Å²) in [5.74, 6) is 0.0761. The van der Waals surface area contributed by atoms with Gasteiger partial charge in [-0.1, -0.05) is 19.8 Å². The van der Waals surface area contributed by atoms with Crippen molar-refractivity contribution in [2.24, 2.45) is 5.92 Å². The molecule has 94 valence electrons. The molecule has 0 radical (unpaired) electrons. The normalized spacial score (nSPS) is 29.3. The molecule has 0 aromatic carbocycles.